The molecule has 0 aliphatic carbocycles. The van der Waals surface area contributed by atoms with Crippen molar-refractivity contribution in [3.8, 4) is 39.8 Å². The van der Waals surface area contributed by atoms with Gasteiger partial charge in [0.15, 0.2) is 17.3 Å². The summed E-state index contributed by atoms with van der Waals surface area (Å²) in [5, 5.41) is 55.1. The molecule has 390 valence electrons. The summed E-state index contributed by atoms with van der Waals surface area (Å²) in [6.07, 6.45) is -1.67. The van der Waals surface area contributed by atoms with E-state index in [4.69, 9.17) is 26.1 Å². The molecule has 26 heteroatoms. The van der Waals surface area contributed by atoms with Gasteiger partial charge in [-0.15, -0.1) is 0 Å². The molecule has 2 heterocycles. The SMILES string of the molecule is Cc1nc(-c2ccc(C(F)(F)C(C)C)cc2)ncc1C(=O)NC(CNS(N)(=O)=O)C(=O)N(C)[C@@H]1C(=O)N[C@@H](C)C(=O)N[C@H](C(=O)O)Cc2ccc(OCC(O)CN)c(c2)-c2cc1cc(OCC(O)CN)c2O. The Balaban J connectivity index is 1.64. The van der Waals surface area contributed by atoms with Gasteiger partial charge in [0, 0.05) is 67.5 Å². The number of nitrogens with one attached hydrogen (secondary N) is 4. The standard InChI is InChI=1S/C46H58F2N10O13S/c1-22(2)46(47,48)28-9-7-26(8-10-28)40-52-18-33(23(3)54-40)42(63)57-35(19-53-72(51,68)69)44(65)58(5)38-27-14-32(39(61)37(15-27)71-21-30(60)17-50)31-12-25(6-11-36(31)70-20-29(59)16-49)13-34(45(66)67)56-41(62)24(4)55-43(38)64/h6-12,14-15,18,22,24,29-30,34-35,38,53,59-61H,13,16-17,19-21,49-50H2,1-5H3,(H,55,64)(H,56,62)(H,57,63)(H,66,67)(H2,51,68,69)/t24-,29?,30?,34-,35?,38-/m0/s1. The van der Waals surface area contributed by atoms with Crippen molar-refractivity contribution in [2.24, 2.45) is 22.5 Å². The Labute approximate surface area is 412 Å². The first-order valence-corrected chi connectivity index (χ1v) is 23.8. The van der Waals surface area contributed by atoms with Crippen LogP contribution in [0.25, 0.3) is 22.5 Å². The molecule has 0 fully saturated rings. The minimum Gasteiger partial charge on any atom is -0.504 e. The van der Waals surface area contributed by atoms with Crippen LogP contribution in [0.5, 0.6) is 17.2 Å². The number of fused-ring (bicyclic) bond motifs is 5. The number of halogens is 2. The molecule has 1 aliphatic heterocycles. The number of nitrogens with zero attached hydrogens (tertiary/aromatic N) is 3. The van der Waals surface area contributed by atoms with Crippen LogP contribution in [0.2, 0.25) is 0 Å². The number of nitrogens with two attached hydrogens (primary N) is 3. The Kier molecular flexibility index (Phi) is 18.3. The number of likely N-dealkylation sites (N-methyl/N-ethyl adjacent to an activating group) is 1. The van der Waals surface area contributed by atoms with Crippen LogP contribution in [0.15, 0.2) is 60.8 Å². The molecule has 0 radical (unpaired) electrons. The zero-order valence-electron chi connectivity index (χ0n) is 39.8. The normalized spacial score (nSPS) is 17.7. The van der Waals surface area contributed by atoms with Crippen LogP contribution >= 0.6 is 0 Å². The van der Waals surface area contributed by atoms with E-state index in [-0.39, 0.29) is 76.8 Å². The number of aliphatic carboxylic acids is 1. The quantitative estimate of drug-likeness (QED) is 0.0574. The number of aromatic nitrogens is 2. The van der Waals surface area contributed by atoms with Crippen molar-refractivity contribution in [2.45, 2.75) is 76.4 Å². The van der Waals surface area contributed by atoms with Gasteiger partial charge in [-0.3, -0.25) is 19.2 Å². The van der Waals surface area contributed by atoms with Crippen LogP contribution in [-0.4, -0.2) is 144 Å². The smallest absolute Gasteiger partial charge is 0.326 e. The molecule has 1 aromatic heterocycles. The number of amides is 4. The molecule has 1 aliphatic rings. The fraction of sp³-hybridized carbons (Fsp3) is 0.413. The Bertz CT molecular complexity index is 2770. The largest absolute Gasteiger partial charge is 0.504 e. The molecule has 6 atom stereocenters. The van der Waals surface area contributed by atoms with Crippen molar-refractivity contribution in [1.82, 2.24) is 35.5 Å². The highest BCUT2D eigenvalue weighted by Crippen LogP contribution is 2.45. The summed E-state index contributed by atoms with van der Waals surface area (Å²) in [4.78, 5) is 78.8. The van der Waals surface area contributed by atoms with E-state index in [1.165, 1.54) is 76.2 Å². The summed E-state index contributed by atoms with van der Waals surface area (Å²) in [6.45, 7) is 3.14. The maximum absolute atomic E-state index is 14.8. The number of hydrogen-bond donors (Lipinski definition) is 11. The van der Waals surface area contributed by atoms with E-state index in [2.05, 4.69) is 25.9 Å². The van der Waals surface area contributed by atoms with E-state index in [0.717, 1.165) is 24.2 Å². The molecule has 4 aromatic rings. The van der Waals surface area contributed by atoms with E-state index >= 15 is 0 Å². The lowest BCUT2D eigenvalue weighted by molar-refractivity contribution is -0.143. The number of phenols is 1. The van der Waals surface area contributed by atoms with Crippen LogP contribution in [-0.2, 0) is 41.7 Å². The second kappa shape index (κ2) is 23.5. The molecule has 0 saturated carbocycles. The molecule has 5 rings (SSSR count). The summed E-state index contributed by atoms with van der Waals surface area (Å²) in [5.41, 5.74) is 11.1. The van der Waals surface area contributed by atoms with E-state index in [1.54, 1.807) is 0 Å². The number of aryl methyl sites for hydroxylation is 1. The van der Waals surface area contributed by atoms with E-state index in [0.29, 0.717) is 5.56 Å². The lowest BCUT2D eigenvalue weighted by atomic mass is 9.93. The number of rotatable bonds is 19. The van der Waals surface area contributed by atoms with Gasteiger partial charge in [0.1, 0.15) is 55.3 Å². The summed E-state index contributed by atoms with van der Waals surface area (Å²) in [6, 6.07) is 5.08. The zero-order chi connectivity index (χ0) is 53.4. The minimum absolute atomic E-state index is 0.0120. The van der Waals surface area contributed by atoms with Crippen molar-refractivity contribution in [3.05, 3.63) is 88.7 Å². The van der Waals surface area contributed by atoms with Gasteiger partial charge in [-0.25, -0.2) is 28.7 Å². The first kappa shape index (κ1) is 56.0. The van der Waals surface area contributed by atoms with Crippen LogP contribution < -0.4 is 46.8 Å². The number of phenolic OH excluding ortho intramolecular Hbond substituents is 1. The molecular formula is C46H58F2N10O13S. The molecule has 23 nitrogen and oxygen atoms in total. The van der Waals surface area contributed by atoms with E-state index < -0.39 is 113 Å². The summed E-state index contributed by atoms with van der Waals surface area (Å²) in [7, 11) is -3.47. The third-order valence-electron chi connectivity index (χ3n) is 11.5. The van der Waals surface area contributed by atoms with Crippen LogP contribution in [0, 0.1) is 12.8 Å². The summed E-state index contributed by atoms with van der Waals surface area (Å²) < 4.78 is 67.4. The number of carboxylic acids is 1. The van der Waals surface area contributed by atoms with Crippen molar-refractivity contribution in [1.29, 1.82) is 0 Å². The van der Waals surface area contributed by atoms with Gasteiger partial charge in [-0.1, -0.05) is 44.2 Å². The fourth-order valence-corrected chi connectivity index (χ4v) is 7.70. The Morgan fingerprint density at radius 2 is 1.57 bits per heavy atom. The highest BCUT2D eigenvalue weighted by Gasteiger charge is 2.38. The number of carbonyl (C=O) groups excluding carboxylic acids is 4. The van der Waals surface area contributed by atoms with Gasteiger partial charge in [0.25, 0.3) is 22.0 Å². The maximum Gasteiger partial charge on any atom is 0.326 e. The average molecular weight is 1030 g/mol. The highest BCUT2D eigenvalue weighted by molar-refractivity contribution is 7.87. The van der Waals surface area contributed by atoms with Gasteiger partial charge in [-0.05, 0) is 49.2 Å². The molecule has 72 heavy (non-hydrogen) atoms. The van der Waals surface area contributed by atoms with Crippen molar-refractivity contribution < 1.29 is 71.1 Å². The van der Waals surface area contributed by atoms with Gasteiger partial charge in [0.05, 0.1) is 11.3 Å². The summed E-state index contributed by atoms with van der Waals surface area (Å²) >= 11 is 0. The molecule has 3 aromatic carbocycles. The van der Waals surface area contributed by atoms with E-state index in [1.807, 2.05) is 4.72 Å². The number of aromatic hydroxyl groups is 1. The monoisotopic (exact) mass is 1030 g/mol. The zero-order valence-corrected chi connectivity index (χ0v) is 40.6. The molecular weight excluding hydrogens is 971 g/mol. The second-order valence-corrected chi connectivity index (χ2v) is 18.7. The number of carboxylic acid groups (broad SMARTS) is 1. The number of benzene rings is 3. The molecule has 4 amide bonds. The predicted molar refractivity (Wildman–Crippen MR) is 254 cm³/mol. The Hall–Kier alpha value is -6.94. The second-order valence-electron chi connectivity index (χ2n) is 17.3. The number of aliphatic hydroxyl groups excluding tert-OH is 2. The first-order chi connectivity index (χ1) is 33.8. The van der Waals surface area contributed by atoms with Crippen molar-refractivity contribution in [2.75, 3.05) is 39.9 Å². The molecule has 0 saturated heterocycles. The molecule has 3 unspecified atom stereocenters. The van der Waals surface area contributed by atoms with Crippen LogP contribution in [0.3, 0.4) is 0 Å². The fourth-order valence-electron chi connectivity index (χ4n) is 7.30. The van der Waals surface area contributed by atoms with Gasteiger partial charge in [0.2, 0.25) is 17.7 Å². The topological polar surface area (TPSA) is 374 Å². The number of ether oxygens (including phenoxy) is 2. The summed E-state index contributed by atoms with van der Waals surface area (Å²) in [5.74, 6) is -10.8. The van der Waals surface area contributed by atoms with Crippen LogP contribution in [0.1, 0.15) is 59.6 Å². The van der Waals surface area contributed by atoms with Crippen molar-refractivity contribution in [3.63, 3.8) is 0 Å². The van der Waals surface area contributed by atoms with Gasteiger partial charge >= 0.3 is 5.97 Å². The molecule has 14 N–H and O–H groups in total. The lowest BCUT2D eigenvalue weighted by Crippen LogP contribution is -2.57. The van der Waals surface area contributed by atoms with Gasteiger partial charge in [-0.2, -0.15) is 13.1 Å². The third kappa shape index (κ3) is 13.7. The lowest BCUT2D eigenvalue weighted by Gasteiger charge is -2.33. The first-order valence-electron chi connectivity index (χ1n) is 22.3. The Morgan fingerprint density at radius 1 is 0.944 bits per heavy atom. The Morgan fingerprint density at radius 3 is 2.14 bits per heavy atom. The number of alkyl halides is 2. The maximum atomic E-state index is 14.8. The highest BCUT2D eigenvalue weighted by atomic mass is 32.2. The molecule has 0 spiro atoms. The third-order valence-corrected chi connectivity index (χ3v) is 12.1. The van der Waals surface area contributed by atoms with Crippen LogP contribution in [0.4, 0.5) is 8.78 Å². The van der Waals surface area contributed by atoms with E-state index in [9.17, 15) is 61.6 Å². The molecule has 4 bridgehead atoms. The average Bonchev–Trinajstić information content (AvgIpc) is 3.33. The minimum atomic E-state index is -4.56. The van der Waals surface area contributed by atoms with Gasteiger partial charge < -0.3 is 62.2 Å². The van der Waals surface area contributed by atoms with Crippen molar-refractivity contribution >= 4 is 39.8 Å². The predicted octanol–water partition coefficient (Wildman–Crippen LogP) is -0.309. The number of carbonyl (C=O) groups is 5. The number of hydrogen-bond acceptors (Lipinski definition) is 16. The number of aliphatic hydroxyl groups is 2.